The van der Waals surface area contributed by atoms with Gasteiger partial charge in [0.05, 0.1) is 5.56 Å². The van der Waals surface area contributed by atoms with Gasteiger partial charge >= 0.3 is 0 Å². The summed E-state index contributed by atoms with van der Waals surface area (Å²) in [6.07, 6.45) is 0. The number of hydrogen-bond donors (Lipinski definition) is 2. The molecular formula is C17H16BrFN2O3. The predicted molar refractivity (Wildman–Crippen MR) is 92.2 cm³/mol. The molecule has 5 nitrogen and oxygen atoms in total. The first-order chi connectivity index (χ1) is 11.5. The van der Waals surface area contributed by atoms with E-state index in [2.05, 4.69) is 26.6 Å². The first kappa shape index (κ1) is 18.1. The van der Waals surface area contributed by atoms with Crippen LogP contribution < -0.4 is 10.6 Å². The van der Waals surface area contributed by atoms with Crippen LogP contribution >= 0.6 is 15.9 Å². The molecule has 0 spiro atoms. The minimum atomic E-state index is -0.587. The third-order valence-corrected chi connectivity index (χ3v) is 3.61. The smallest absolute Gasteiger partial charge is 0.254 e. The van der Waals surface area contributed by atoms with Crippen LogP contribution in [0.3, 0.4) is 0 Å². The van der Waals surface area contributed by atoms with Crippen molar-refractivity contribution in [1.29, 1.82) is 0 Å². The van der Waals surface area contributed by atoms with E-state index in [1.807, 2.05) is 0 Å². The van der Waals surface area contributed by atoms with Crippen LogP contribution in [0.1, 0.15) is 15.9 Å². The standard InChI is InChI=1S/C17H16BrFN2O3/c1-24-10-16(22)21-13-4-2-3-11(7-13)9-20-17(23)14-8-12(18)5-6-15(14)19/h2-8H,9-10H2,1H3,(H,20,23)(H,21,22). The van der Waals surface area contributed by atoms with Crippen LogP contribution in [0, 0.1) is 5.82 Å². The van der Waals surface area contributed by atoms with Gasteiger partial charge in [0, 0.05) is 23.8 Å². The van der Waals surface area contributed by atoms with E-state index in [4.69, 9.17) is 4.74 Å². The minimum absolute atomic E-state index is 0.0334. The molecule has 2 aromatic carbocycles. The Morgan fingerprint density at radius 2 is 2.00 bits per heavy atom. The molecule has 0 bridgehead atoms. The van der Waals surface area contributed by atoms with Crippen molar-refractivity contribution >= 4 is 33.4 Å². The fraction of sp³-hybridized carbons (Fsp3) is 0.176. The van der Waals surface area contributed by atoms with Crippen molar-refractivity contribution in [2.45, 2.75) is 6.54 Å². The summed E-state index contributed by atoms with van der Waals surface area (Å²) in [6.45, 7) is 0.169. The third kappa shape index (κ3) is 5.14. The molecule has 2 amide bonds. The number of carbonyl (C=O) groups excluding carboxylic acids is 2. The number of rotatable bonds is 6. The van der Waals surface area contributed by atoms with Gasteiger partial charge in [-0.05, 0) is 35.9 Å². The van der Waals surface area contributed by atoms with E-state index in [1.54, 1.807) is 24.3 Å². The SMILES string of the molecule is COCC(=O)Nc1cccc(CNC(=O)c2cc(Br)ccc2F)c1. The summed E-state index contributed by atoms with van der Waals surface area (Å²) in [5, 5.41) is 5.33. The highest BCUT2D eigenvalue weighted by atomic mass is 79.9. The van der Waals surface area contributed by atoms with Crippen molar-refractivity contribution in [1.82, 2.24) is 5.32 Å². The van der Waals surface area contributed by atoms with Gasteiger partial charge in [-0.2, -0.15) is 0 Å². The van der Waals surface area contributed by atoms with Gasteiger partial charge in [-0.1, -0.05) is 28.1 Å². The number of nitrogens with one attached hydrogen (secondary N) is 2. The zero-order valence-corrected chi connectivity index (χ0v) is 14.5. The van der Waals surface area contributed by atoms with Crippen molar-refractivity contribution in [3.63, 3.8) is 0 Å². The Morgan fingerprint density at radius 1 is 1.21 bits per heavy atom. The molecule has 24 heavy (non-hydrogen) atoms. The maximum absolute atomic E-state index is 13.7. The van der Waals surface area contributed by atoms with Crippen LogP contribution in [0.2, 0.25) is 0 Å². The lowest BCUT2D eigenvalue weighted by Crippen LogP contribution is -2.24. The first-order valence-corrected chi connectivity index (χ1v) is 7.90. The number of hydrogen-bond acceptors (Lipinski definition) is 3. The number of ether oxygens (including phenoxy) is 1. The number of carbonyl (C=O) groups is 2. The fourth-order valence-corrected chi connectivity index (χ4v) is 2.40. The van der Waals surface area contributed by atoms with Gasteiger partial charge in [-0.15, -0.1) is 0 Å². The molecule has 0 radical (unpaired) electrons. The lowest BCUT2D eigenvalue weighted by Gasteiger charge is -2.09. The monoisotopic (exact) mass is 394 g/mol. The second kappa shape index (κ2) is 8.56. The second-order valence-electron chi connectivity index (χ2n) is 4.99. The highest BCUT2D eigenvalue weighted by Crippen LogP contribution is 2.16. The third-order valence-electron chi connectivity index (χ3n) is 3.11. The molecule has 0 saturated heterocycles. The fourth-order valence-electron chi connectivity index (χ4n) is 2.04. The van der Waals surface area contributed by atoms with Crippen molar-refractivity contribution < 1.29 is 18.7 Å². The number of anilines is 1. The summed E-state index contributed by atoms with van der Waals surface area (Å²) in [5.74, 6) is -1.37. The molecule has 0 heterocycles. The van der Waals surface area contributed by atoms with Crippen molar-refractivity contribution in [2.75, 3.05) is 19.0 Å². The number of halogens is 2. The highest BCUT2D eigenvalue weighted by molar-refractivity contribution is 9.10. The second-order valence-corrected chi connectivity index (χ2v) is 5.90. The van der Waals surface area contributed by atoms with Crippen LogP contribution in [-0.2, 0) is 16.1 Å². The Bertz CT molecular complexity index is 752. The Hall–Kier alpha value is -2.25. The maximum Gasteiger partial charge on any atom is 0.254 e. The summed E-state index contributed by atoms with van der Waals surface area (Å²) in [5.41, 5.74) is 1.33. The van der Waals surface area contributed by atoms with E-state index >= 15 is 0 Å². The zero-order valence-electron chi connectivity index (χ0n) is 12.9. The van der Waals surface area contributed by atoms with E-state index < -0.39 is 11.7 Å². The van der Waals surface area contributed by atoms with Gasteiger partial charge in [0.2, 0.25) is 5.91 Å². The largest absolute Gasteiger partial charge is 0.375 e. The van der Waals surface area contributed by atoms with E-state index in [-0.39, 0.29) is 24.6 Å². The van der Waals surface area contributed by atoms with Gasteiger partial charge in [0.25, 0.3) is 5.91 Å². The van der Waals surface area contributed by atoms with Crippen molar-refractivity contribution in [2.24, 2.45) is 0 Å². The van der Waals surface area contributed by atoms with Gasteiger partial charge < -0.3 is 15.4 Å². The molecule has 0 aliphatic rings. The maximum atomic E-state index is 13.7. The van der Waals surface area contributed by atoms with Crippen molar-refractivity contribution in [3.05, 3.63) is 63.9 Å². The van der Waals surface area contributed by atoms with Crippen LogP contribution in [0.15, 0.2) is 46.9 Å². The van der Waals surface area contributed by atoms with E-state index in [9.17, 15) is 14.0 Å². The first-order valence-electron chi connectivity index (χ1n) is 7.10. The molecule has 126 valence electrons. The average Bonchev–Trinajstić information content (AvgIpc) is 2.55. The molecular weight excluding hydrogens is 379 g/mol. The van der Waals surface area contributed by atoms with E-state index in [1.165, 1.54) is 25.3 Å². The number of methoxy groups -OCH3 is 1. The van der Waals surface area contributed by atoms with Gasteiger partial charge in [-0.25, -0.2) is 4.39 Å². The summed E-state index contributed by atoms with van der Waals surface area (Å²) in [7, 11) is 1.44. The predicted octanol–water partition coefficient (Wildman–Crippen LogP) is 3.10. The van der Waals surface area contributed by atoms with Crippen molar-refractivity contribution in [3.8, 4) is 0 Å². The molecule has 0 unspecified atom stereocenters. The zero-order chi connectivity index (χ0) is 17.5. The molecule has 0 aliphatic carbocycles. The molecule has 2 rings (SSSR count). The molecule has 2 N–H and O–H groups in total. The van der Waals surface area contributed by atoms with E-state index in [0.717, 1.165) is 5.56 Å². The van der Waals surface area contributed by atoms with Crippen LogP contribution in [-0.4, -0.2) is 25.5 Å². The Labute approximate surface area is 147 Å². The summed E-state index contributed by atoms with van der Waals surface area (Å²) < 4.78 is 19.1. The molecule has 0 atom stereocenters. The van der Waals surface area contributed by atoms with Gasteiger partial charge in [0.15, 0.2) is 0 Å². The molecule has 2 aromatic rings. The average molecular weight is 395 g/mol. The van der Waals surface area contributed by atoms with Crippen LogP contribution in [0.5, 0.6) is 0 Å². The molecule has 0 aromatic heterocycles. The molecule has 7 heteroatoms. The Balaban J connectivity index is 2.00. The highest BCUT2D eigenvalue weighted by Gasteiger charge is 2.12. The number of benzene rings is 2. The summed E-state index contributed by atoms with van der Waals surface area (Å²) in [4.78, 5) is 23.6. The lowest BCUT2D eigenvalue weighted by molar-refractivity contribution is -0.119. The van der Waals surface area contributed by atoms with Crippen LogP contribution in [0.4, 0.5) is 10.1 Å². The summed E-state index contributed by atoms with van der Waals surface area (Å²) >= 11 is 3.21. The lowest BCUT2D eigenvalue weighted by atomic mass is 10.1. The van der Waals surface area contributed by atoms with Gasteiger partial charge in [0.1, 0.15) is 12.4 Å². The Morgan fingerprint density at radius 3 is 2.75 bits per heavy atom. The minimum Gasteiger partial charge on any atom is -0.375 e. The molecule has 0 aliphatic heterocycles. The normalized spacial score (nSPS) is 10.3. The molecule has 0 fully saturated rings. The quantitative estimate of drug-likeness (QED) is 0.790. The van der Waals surface area contributed by atoms with Gasteiger partial charge in [-0.3, -0.25) is 9.59 Å². The van der Waals surface area contributed by atoms with Crippen LogP contribution in [0.25, 0.3) is 0 Å². The summed E-state index contributed by atoms with van der Waals surface area (Å²) in [6, 6.07) is 11.2. The van der Waals surface area contributed by atoms with E-state index in [0.29, 0.717) is 10.2 Å². The molecule has 0 saturated carbocycles. The Kier molecular flexibility index (Phi) is 6.45. The number of amides is 2. The topological polar surface area (TPSA) is 67.4 Å².